The van der Waals surface area contributed by atoms with Crippen LogP contribution in [0.15, 0.2) is 67.3 Å². The van der Waals surface area contributed by atoms with Crippen LogP contribution in [0, 0.1) is 0 Å². The van der Waals surface area contributed by atoms with Crippen molar-refractivity contribution >= 4 is 12.4 Å². The lowest BCUT2D eigenvalue weighted by molar-refractivity contribution is 0.111. The molecule has 2 aromatic carbocycles. The van der Waals surface area contributed by atoms with Crippen LogP contribution in [0.25, 0.3) is 0 Å². The molecule has 31 heavy (non-hydrogen) atoms. The summed E-state index contributed by atoms with van der Waals surface area (Å²) in [4.78, 5) is 4.86. The molecule has 3 aromatic rings. The number of halogens is 1. The van der Waals surface area contributed by atoms with E-state index in [0.717, 1.165) is 49.9 Å². The van der Waals surface area contributed by atoms with Crippen molar-refractivity contribution in [2.24, 2.45) is 0 Å². The Morgan fingerprint density at radius 2 is 1.74 bits per heavy atom. The molecule has 0 spiro atoms. The van der Waals surface area contributed by atoms with E-state index in [0.29, 0.717) is 6.54 Å². The summed E-state index contributed by atoms with van der Waals surface area (Å²) in [6.45, 7) is 9.23. The lowest BCUT2D eigenvalue weighted by atomic mass is 10.0. The van der Waals surface area contributed by atoms with Crippen LogP contribution in [-0.4, -0.2) is 69.8 Å². The van der Waals surface area contributed by atoms with Crippen molar-refractivity contribution in [3.63, 3.8) is 0 Å². The average molecular weight is 441 g/mol. The Morgan fingerprint density at radius 3 is 2.45 bits per heavy atom. The fraction of sp³-hybridized carbons (Fsp3) is 0.348. The van der Waals surface area contributed by atoms with Gasteiger partial charge in [0, 0.05) is 38.3 Å². The van der Waals surface area contributed by atoms with Crippen LogP contribution in [0.2, 0.25) is 0 Å². The van der Waals surface area contributed by atoms with E-state index in [1.165, 1.54) is 5.56 Å². The van der Waals surface area contributed by atoms with Crippen molar-refractivity contribution < 1.29 is 4.74 Å². The summed E-state index contributed by atoms with van der Waals surface area (Å²) in [6, 6.07) is 18.4. The number of piperazine rings is 1. The van der Waals surface area contributed by atoms with Crippen LogP contribution in [0.5, 0.6) is 5.75 Å². The number of para-hydroxylation sites is 1. The summed E-state index contributed by atoms with van der Waals surface area (Å²) in [6.07, 6.45) is 1.97. The Morgan fingerprint density at radius 1 is 1.03 bits per heavy atom. The SMILES string of the molecule is C=CCN1CCN(C(c2ccccc2OC)c2nnnn2Cc2ccccc2)CC1.Cl. The van der Waals surface area contributed by atoms with Gasteiger partial charge >= 0.3 is 0 Å². The fourth-order valence-corrected chi connectivity index (χ4v) is 4.05. The molecule has 1 aliphatic heterocycles. The zero-order chi connectivity index (χ0) is 20.8. The average Bonchev–Trinajstić information content (AvgIpc) is 3.24. The van der Waals surface area contributed by atoms with Crippen LogP contribution in [0.1, 0.15) is 23.0 Å². The first-order chi connectivity index (χ1) is 14.8. The van der Waals surface area contributed by atoms with Crippen molar-refractivity contribution in [2.75, 3.05) is 39.8 Å². The molecule has 7 nitrogen and oxygen atoms in total. The molecule has 1 saturated heterocycles. The third-order valence-corrected chi connectivity index (χ3v) is 5.57. The standard InChI is InChI=1S/C23H28N6O.ClH/c1-3-13-27-14-16-28(17-15-27)22(20-11-7-8-12-21(20)30-2)23-24-25-26-29(23)18-19-9-5-4-6-10-19;/h3-12,22H,1,13-18H2,2H3;1H. The lowest BCUT2D eigenvalue weighted by Crippen LogP contribution is -2.48. The zero-order valence-corrected chi connectivity index (χ0v) is 18.6. The number of nitrogens with zero attached hydrogens (tertiary/aromatic N) is 6. The van der Waals surface area contributed by atoms with E-state index >= 15 is 0 Å². The molecule has 1 aliphatic rings. The van der Waals surface area contributed by atoms with Crippen molar-refractivity contribution in [2.45, 2.75) is 12.6 Å². The van der Waals surface area contributed by atoms with Crippen molar-refractivity contribution in [3.8, 4) is 5.75 Å². The number of methoxy groups -OCH3 is 1. The minimum Gasteiger partial charge on any atom is -0.496 e. The molecule has 1 fully saturated rings. The third-order valence-electron chi connectivity index (χ3n) is 5.57. The Balaban J connectivity index is 0.00000272. The molecule has 0 saturated carbocycles. The summed E-state index contributed by atoms with van der Waals surface area (Å²) in [5.74, 6) is 1.69. The lowest BCUT2D eigenvalue weighted by Gasteiger charge is -2.38. The summed E-state index contributed by atoms with van der Waals surface area (Å²) in [5.41, 5.74) is 2.25. The second-order valence-corrected chi connectivity index (χ2v) is 7.45. The first-order valence-corrected chi connectivity index (χ1v) is 10.3. The summed E-state index contributed by atoms with van der Waals surface area (Å²) >= 11 is 0. The first kappa shape index (κ1) is 22.9. The maximum Gasteiger partial charge on any atom is 0.173 e. The molecule has 164 valence electrons. The molecule has 4 rings (SSSR count). The minimum atomic E-state index is -0.0780. The Kier molecular flexibility index (Phi) is 8.17. The molecule has 0 radical (unpaired) electrons. The van der Waals surface area contributed by atoms with Gasteiger partial charge in [0.05, 0.1) is 13.7 Å². The molecule has 0 N–H and O–H groups in total. The highest BCUT2D eigenvalue weighted by atomic mass is 35.5. The van der Waals surface area contributed by atoms with Crippen LogP contribution < -0.4 is 4.74 Å². The van der Waals surface area contributed by atoms with E-state index in [4.69, 9.17) is 4.74 Å². The Hall–Kier alpha value is -2.74. The minimum absolute atomic E-state index is 0. The molecular formula is C23H29ClN6O. The number of tetrazole rings is 1. The summed E-state index contributed by atoms with van der Waals surface area (Å²) in [5, 5.41) is 12.8. The van der Waals surface area contributed by atoms with Gasteiger partial charge in [0.2, 0.25) is 0 Å². The molecule has 0 amide bonds. The summed E-state index contributed by atoms with van der Waals surface area (Å²) < 4.78 is 7.61. The molecule has 0 aliphatic carbocycles. The number of hydrogen-bond acceptors (Lipinski definition) is 6. The highest BCUT2D eigenvalue weighted by Gasteiger charge is 2.32. The second kappa shape index (κ2) is 11.0. The second-order valence-electron chi connectivity index (χ2n) is 7.45. The largest absolute Gasteiger partial charge is 0.496 e. The van der Waals surface area contributed by atoms with Crippen molar-refractivity contribution in [1.29, 1.82) is 0 Å². The molecule has 1 atom stereocenters. The van der Waals surface area contributed by atoms with Gasteiger partial charge in [-0.2, -0.15) is 0 Å². The normalized spacial score (nSPS) is 15.8. The smallest absolute Gasteiger partial charge is 0.173 e. The maximum absolute atomic E-state index is 5.70. The van der Waals surface area contributed by atoms with Gasteiger partial charge in [-0.1, -0.05) is 54.6 Å². The van der Waals surface area contributed by atoms with Crippen molar-refractivity contribution in [3.05, 3.63) is 84.2 Å². The predicted octanol–water partition coefficient (Wildman–Crippen LogP) is 3.04. The third kappa shape index (κ3) is 5.31. The first-order valence-electron chi connectivity index (χ1n) is 10.3. The van der Waals surface area contributed by atoms with E-state index in [9.17, 15) is 0 Å². The highest BCUT2D eigenvalue weighted by Crippen LogP contribution is 2.34. The van der Waals surface area contributed by atoms with Gasteiger partial charge in [0.1, 0.15) is 11.8 Å². The molecule has 1 aromatic heterocycles. The van der Waals surface area contributed by atoms with Crippen molar-refractivity contribution in [1.82, 2.24) is 30.0 Å². The number of rotatable bonds is 8. The van der Waals surface area contributed by atoms with Crippen LogP contribution in [0.3, 0.4) is 0 Å². The number of ether oxygens (including phenoxy) is 1. The molecular weight excluding hydrogens is 412 g/mol. The predicted molar refractivity (Wildman–Crippen MR) is 124 cm³/mol. The van der Waals surface area contributed by atoms with Gasteiger partial charge < -0.3 is 4.74 Å². The number of hydrogen-bond donors (Lipinski definition) is 0. The quantitative estimate of drug-likeness (QED) is 0.502. The molecule has 2 heterocycles. The molecule has 0 bridgehead atoms. The summed E-state index contributed by atoms with van der Waals surface area (Å²) in [7, 11) is 1.71. The number of aromatic nitrogens is 4. The van der Waals surface area contributed by atoms with E-state index in [1.807, 2.05) is 47.2 Å². The Bertz CT molecular complexity index is 955. The fourth-order valence-electron chi connectivity index (χ4n) is 4.05. The zero-order valence-electron chi connectivity index (χ0n) is 17.8. The maximum atomic E-state index is 5.70. The van der Waals surface area contributed by atoms with Crippen LogP contribution in [-0.2, 0) is 6.54 Å². The van der Waals surface area contributed by atoms with E-state index in [-0.39, 0.29) is 18.4 Å². The van der Waals surface area contributed by atoms with Crippen LogP contribution >= 0.6 is 12.4 Å². The Labute approximate surface area is 189 Å². The van der Waals surface area contributed by atoms with E-state index < -0.39 is 0 Å². The van der Waals surface area contributed by atoms with Gasteiger partial charge in [0.15, 0.2) is 5.82 Å². The topological polar surface area (TPSA) is 59.3 Å². The molecule has 8 heteroatoms. The van der Waals surface area contributed by atoms with E-state index in [2.05, 4.69) is 50.1 Å². The van der Waals surface area contributed by atoms with Gasteiger partial charge in [-0.25, -0.2) is 4.68 Å². The number of benzene rings is 2. The van der Waals surface area contributed by atoms with Crippen LogP contribution in [0.4, 0.5) is 0 Å². The van der Waals surface area contributed by atoms with Gasteiger partial charge in [-0.15, -0.1) is 24.1 Å². The van der Waals surface area contributed by atoms with Gasteiger partial charge in [0.25, 0.3) is 0 Å². The van der Waals surface area contributed by atoms with E-state index in [1.54, 1.807) is 7.11 Å². The highest BCUT2D eigenvalue weighted by molar-refractivity contribution is 5.85. The monoisotopic (exact) mass is 440 g/mol. The van der Waals surface area contributed by atoms with Gasteiger partial charge in [-0.05, 0) is 22.1 Å². The van der Waals surface area contributed by atoms with Gasteiger partial charge in [-0.3, -0.25) is 9.80 Å². The molecule has 1 unspecified atom stereocenters.